The number of rotatable bonds is 5. The summed E-state index contributed by atoms with van der Waals surface area (Å²) >= 11 is 0. The van der Waals surface area contributed by atoms with Crippen molar-refractivity contribution in [3.63, 3.8) is 0 Å². The van der Waals surface area contributed by atoms with Crippen LogP contribution in [0.5, 0.6) is 0 Å². The molecule has 0 aliphatic rings. The Morgan fingerprint density at radius 2 is 1.59 bits per heavy atom. The minimum atomic E-state index is -2.64. The van der Waals surface area contributed by atoms with Gasteiger partial charge in [-0.05, 0) is 53.9 Å². The first-order valence-electron chi connectivity index (χ1n) is 19.7. The van der Waals surface area contributed by atoms with E-state index in [0.717, 1.165) is 33.9 Å². The van der Waals surface area contributed by atoms with E-state index in [4.69, 9.17) is 25.4 Å². The van der Waals surface area contributed by atoms with Crippen molar-refractivity contribution in [1.29, 1.82) is 0 Å². The van der Waals surface area contributed by atoms with E-state index in [2.05, 4.69) is 41.7 Å². The quantitative estimate of drug-likeness (QED) is 0.128. The number of aromatic nitrogens is 4. The van der Waals surface area contributed by atoms with E-state index < -0.39 is 33.6 Å². The van der Waals surface area contributed by atoms with Crippen LogP contribution in [0.4, 0.5) is 0 Å². The first-order chi connectivity index (χ1) is 26.1. The molecule has 0 fully saturated rings. The fourth-order valence-corrected chi connectivity index (χ4v) is 6.05. The van der Waals surface area contributed by atoms with Crippen LogP contribution in [0.25, 0.3) is 55.8 Å². The maximum absolute atomic E-state index is 8.31. The molecule has 0 aliphatic heterocycles. The van der Waals surface area contributed by atoms with Crippen LogP contribution in [0.3, 0.4) is 0 Å². The number of fused-ring (bicyclic) bond motifs is 3. The van der Waals surface area contributed by atoms with Crippen LogP contribution in [-0.2, 0) is 26.5 Å². The Hall–Kier alpha value is -4.29. The average Bonchev–Trinajstić information content (AvgIpc) is 3.53. The third-order valence-electron chi connectivity index (χ3n) is 7.42. The Labute approximate surface area is 315 Å². The van der Waals surface area contributed by atoms with E-state index in [1.807, 2.05) is 87.5 Å². The Kier molecular flexibility index (Phi) is 7.95. The predicted molar refractivity (Wildman–Crippen MR) is 201 cm³/mol. The summed E-state index contributed by atoms with van der Waals surface area (Å²) in [5, 5.41) is 0.722. The number of nitrogens with zero attached hydrogens (tertiary/aromatic N) is 4. The van der Waals surface area contributed by atoms with E-state index in [-0.39, 0.29) is 36.9 Å². The molecule has 4 aromatic heterocycles. The molecule has 4 heterocycles. The zero-order valence-corrected chi connectivity index (χ0v) is 31.7. The van der Waals surface area contributed by atoms with Crippen molar-refractivity contribution >= 4 is 35.6 Å². The van der Waals surface area contributed by atoms with Crippen LogP contribution in [-0.4, -0.2) is 28.0 Å². The average molecular weight is 847 g/mol. The van der Waals surface area contributed by atoms with Crippen molar-refractivity contribution in [2.75, 3.05) is 0 Å². The van der Waals surface area contributed by atoms with Crippen LogP contribution >= 0.6 is 0 Å². The van der Waals surface area contributed by atoms with Crippen molar-refractivity contribution in [2.24, 2.45) is 5.41 Å². The Balaban J connectivity index is 0.000000262. The topological polar surface area (TPSA) is 64.7 Å². The van der Waals surface area contributed by atoms with Crippen LogP contribution < -0.4 is 5.45 Å². The van der Waals surface area contributed by atoms with Gasteiger partial charge in [-0.25, -0.2) is 9.97 Å². The summed E-state index contributed by atoms with van der Waals surface area (Å²) in [4.78, 5) is 18.5. The fraction of sp³-hybridized carbons (Fsp3) is 0.238. The van der Waals surface area contributed by atoms with Gasteiger partial charge in [-0.15, -0.1) is 54.1 Å². The molecule has 49 heavy (non-hydrogen) atoms. The molecule has 0 bridgehead atoms. The number of aryl methyl sites for hydroxylation is 2. The standard InChI is InChI=1S/C26H24N3OSi.C16H18N.Ir/c1-16-14-21(27-15-17(16)2)19-12-9-13-20-23-25(30-24(19)20)22(18-10-7-6-8-11-18)28-26(29-23)31(3,4)5;1-16(2,3)12-13-9-10-17-15(11-13)14-7-5-4-6-8-14;/h6-11,13-15H,1-5H3;4-7,9-11H,12H2,1-3H3;/q2*-1;/i1D3,2D3;12D2;. The van der Waals surface area contributed by atoms with Crippen molar-refractivity contribution in [3.8, 4) is 33.8 Å². The second kappa shape index (κ2) is 14.7. The molecule has 7 rings (SSSR count). The first kappa shape index (κ1) is 26.6. The van der Waals surface area contributed by atoms with Crippen LogP contribution in [0.1, 0.15) is 48.4 Å². The van der Waals surface area contributed by atoms with Crippen LogP contribution in [0, 0.1) is 31.3 Å². The summed E-state index contributed by atoms with van der Waals surface area (Å²) in [5.41, 5.74) is 5.90. The molecule has 0 amide bonds. The molecule has 0 unspecified atom stereocenters. The van der Waals surface area contributed by atoms with Gasteiger partial charge >= 0.3 is 0 Å². The smallest absolute Gasteiger partial charge is 0.165 e. The van der Waals surface area contributed by atoms with E-state index in [0.29, 0.717) is 33.5 Å². The molecule has 0 N–H and O–H groups in total. The fourth-order valence-electron chi connectivity index (χ4n) is 5.16. The predicted octanol–water partition coefficient (Wildman–Crippen LogP) is 10.2. The van der Waals surface area contributed by atoms with E-state index in [1.54, 1.807) is 18.3 Å². The van der Waals surface area contributed by atoms with Crippen molar-refractivity contribution in [2.45, 2.75) is 60.5 Å². The Bertz CT molecular complexity index is 2510. The van der Waals surface area contributed by atoms with Gasteiger partial charge in [-0.2, -0.15) is 0 Å². The molecular formula is C42H42IrN4OSi-2. The van der Waals surface area contributed by atoms with Crippen LogP contribution in [0.15, 0.2) is 102 Å². The molecule has 0 atom stereocenters. The SMILES string of the molecule is [2H]C([2H])([2H])c1cnc(-c2[c-]ccc3c2oc2c(-c4ccccc4)nc([Si](C)(C)C)nc23)cc1C([2H])([2H])[2H].[2H]C([2H])(c1ccnc(-c2[c-]cccc2)c1)C(C)(C)C.[Ir]. The van der Waals surface area contributed by atoms with Crippen molar-refractivity contribution < 1.29 is 35.5 Å². The number of hydrogen-bond donors (Lipinski definition) is 0. The van der Waals surface area contributed by atoms with E-state index in [1.165, 1.54) is 6.07 Å². The second-order valence-corrected chi connectivity index (χ2v) is 18.5. The molecule has 7 aromatic rings. The maximum Gasteiger partial charge on any atom is 0.165 e. The molecule has 7 heteroatoms. The Morgan fingerprint density at radius 1 is 0.816 bits per heavy atom. The molecule has 1 radical (unpaired) electrons. The van der Waals surface area contributed by atoms with Gasteiger partial charge in [0.2, 0.25) is 0 Å². The van der Waals surface area contributed by atoms with Crippen molar-refractivity contribution in [1.82, 2.24) is 19.9 Å². The van der Waals surface area contributed by atoms with Gasteiger partial charge in [0.25, 0.3) is 0 Å². The third kappa shape index (κ3) is 8.30. The van der Waals surface area contributed by atoms with Crippen LogP contribution in [0.2, 0.25) is 19.6 Å². The van der Waals surface area contributed by atoms with Gasteiger partial charge in [-0.1, -0.05) is 99.6 Å². The molecular weight excluding hydrogens is 797 g/mol. The summed E-state index contributed by atoms with van der Waals surface area (Å²) in [7, 11) is -1.91. The summed E-state index contributed by atoms with van der Waals surface area (Å²) in [6, 6.07) is 32.0. The maximum atomic E-state index is 8.31. The largest absolute Gasteiger partial charge is 0.497 e. The number of benzene rings is 3. The molecule has 5 nitrogen and oxygen atoms in total. The van der Waals surface area contributed by atoms with Gasteiger partial charge in [0.05, 0.1) is 5.58 Å². The molecule has 0 spiro atoms. The third-order valence-corrected chi connectivity index (χ3v) is 8.98. The first-order valence-corrected chi connectivity index (χ1v) is 19.2. The number of furan rings is 1. The van der Waals surface area contributed by atoms with E-state index >= 15 is 0 Å². The summed E-state index contributed by atoms with van der Waals surface area (Å²) in [5.74, 6) is 0. The minimum absolute atomic E-state index is 0. The molecule has 251 valence electrons. The van der Waals surface area contributed by atoms with Gasteiger partial charge in [0.1, 0.15) is 24.7 Å². The van der Waals surface area contributed by atoms with Gasteiger partial charge < -0.3 is 14.4 Å². The number of hydrogen-bond acceptors (Lipinski definition) is 5. The zero-order chi connectivity index (χ0) is 40.8. The molecule has 0 saturated carbocycles. The summed E-state index contributed by atoms with van der Waals surface area (Å²) in [6.07, 6.45) is 1.37. The second-order valence-electron chi connectivity index (χ2n) is 13.6. The monoisotopic (exact) mass is 847 g/mol. The summed E-state index contributed by atoms with van der Waals surface area (Å²) in [6.45, 7) is 7.00. The number of pyridine rings is 2. The zero-order valence-electron chi connectivity index (χ0n) is 36.3. The molecule has 3 aromatic carbocycles. The van der Waals surface area contributed by atoms with Gasteiger partial charge in [0.15, 0.2) is 5.58 Å². The summed E-state index contributed by atoms with van der Waals surface area (Å²) < 4.78 is 70.0. The molecule has 0 saturated heterocycles. The van der Waals surface area contributed by atoms with Crippen molar-refractivity contribution in [3.05, 3.63) is 126 Å². The normalized spacial score (nSPS) is 14.8. The van der Waals surface area contributed by atoms with Gasteiger partial charge in [-0.3, -0.25) is 0 Å². The molecule has 0 aliphatic carbocycles. The Morgan fingerprint density at radius 3 is 2.29 bits per heavy atom. The van der Waals surface area contributed by atoms with E-state index in [9.17, 15) is 0 Å². The van der Waals surface area contributed by atoms with Gasteiger partial charge in [0, 0.05) is 49.0 Å². The minimum Gasteiger partial charge on any atom is -0.497 e.